The molecule has 0 bridgehead atoms. The molecule has 0 aliphatic heterocycles. The van der Waals surface area contributed by atoms with Gasteiger partial charge in [-0.15, -0.1) is 0 Å². The molecule has 1 unspecified atom stereocenters. The Labute approximate surface area is 104 Å². The predicted octanol–water partition coefficient (Wildman–Crippen LogP) is 0.215. The van der Waals surface area contributed by atoms with Crippen LogP contribution in [-0.4, -0.2) is 49.9 Å². The van der Waals surface area contributed by atoms with Crippen LogP contribution in [-0.2, 0) is 9.59 Å². The van der Waals surface area contributed by atoms with Crippen molar-refractivity contribution in [3.8, 4) is 0 Å². The summed E-state index contributed by atoms with van der Waals surface area (Å²) in [6.45, 7) is 7.04. The molecular weight excluding hydrogens is 218 g/mol. The smallest absolute Gasteiger partial charge is 0.224 e. The third-order valence-corrected chi connectivity index (χ3v) is 2.56. The minimum absolute atomic E-state index is 0.0371. The Hall–Kier alpha value is -1.10. The van der Waals surface area contributed by atoms with E-state index < -0.39 is 0 Å². The largest absolute Gasteiger partial charge is 0.359 e. The molecule has 0 rings (SSSR count). The van der Waals surface area contributed by atoms with Gasteiger partial charge in [-0.2, -0.15) is 0 Å². The van der Waals surface area contributed by atoms with Crippen LogP contribution in [0.2, 0.25) is 0 Å². The summed E-state index contributed by atoms with van der Waals surface area (Å²) in [4.78, 5) is 24.6. The fraction of sp³-hybridized carbons (Fsp3) is 0.833. The van der Waals surface area contributed by atoms with Crippen LogP contribution < -0.4 is 10.6 Å². The lowest BCUT2D eigenvalue weighted by molar-refractivity contribution is -0.131. The number of amides is 2. The lowest BCUT2D eigenvalue weighted by Crippen LogP contribution is -2.38. The van der Waals surface area contributed by atoms with Gasteiger partial charge in [0.25, 0.3) is 0 Å². The number of hydrogen-bond donors (Lipinski definition) is 2. The van der Waals surface area contributed by atoms with Crippen molar-refractivity contribution in [1.29, 1.82) is 0 Å². The van der Waals surface area contributed by atoms with Gasteiger partial charge in [0.05, 0.1) is 5.92 Å². The number of rotatable bonds is 7. The third-order valence-electron chi connectivity index (χ3n) is 2.56. The molecule has 0 radical (unpaired) electrons. The highest BCUT2D eigenvalue weighted by Crippen LogP contribution is 2.00. The zero-order chi connectivity index (χ0) is 13.4. The van der Waals surface area contributed by atoms with Crippen molar-refractivity contribution in [1.82, 2.24) is 15.5 Å². The summed E-state index contributed by atoms with van der Waals surface area (Å²) in [6, 6.07) is 0.387. The minimum atomic E-state index is -0.174. The van der Waals surface area contributed by atoms with Crippen LogP contribution in [0, 0.1) is 5.92 Å². The Morgan fingerprint density at radius 2 is 1.82 bits per heavy atom. The molecule has 0 aromatic rings. The first kappa shape index (κ1) is 15.9. The van der Waals surface area contributed by atoms with Crippen molar-refractivity contribution in [2.45, 2.75) is 33.2 Å². The van der Waals surface area contributed by atoms with E-state index in [9.17, 15) is 9.59 Å². The molecule has 0 fully saturated rings. The van der Waals surface area contributed by atoms with Gasteiger partial charge in [0.15, 0.2) is 0 Å². The SMILES string of the molecule is CNC(=O)C(C)CN(C)C(=O)CCNC(C)C. The maximum absolute atomic E-state index is 11.7. The van der Waals surface area contributed by atoms with Crippen LogP contribution in [0.15, 0.2) is 0 Å². The van der Waals surface area contributed by atoms with E-state index in [0.717, 1.165) is 0 Å². The van der Waals surface area contributed by atoms with Crippen molar-refractivity contribution in [3.05, 3.63) is 0 Å². The maximum Gasteiger partial charge on any atom is 0.224 e. The van der Waals surface area contributed by atoms with E-state index >= 15 is 0 Å². The zero-order valence-corrected chi connectivity index (χ0v) is 11.5. The van der Waals surface area contributed by atoms with Crippen LogP contribution in [0.4, 0.5) is 0 Å². The molecular formula is C12H25N3O2. The van der Waals surface area contributed by atoms with Gasteiger partial charge in [0.2, 0.25) is 11.8 Å². The Morgan fingerprint density at radius 3 is 2.29 bits per heavy atom. The summed E-state index contributed by atoms with van der Waals surface area (Å²) in [5, 5.41) is 5.77. The molecule has 0 aliphatic carbocycles. The lowest BCUT2D eigenvalue weighted by Gasteiger charge is -2.21. The number of hydrogen-bond acceptors (Lipinski definition) is 3. The highest BCUT2D eigenvalue weighted by atomic mass is 16.2. The molecule has 5 nitrogen and oxygen atoms in total. The molecule has 0 spiro atoms. The highest BCUT2D eigenvalue weighted by molar-refractivity contribution is 5.80. The quantitative estimate of drug-likeness (QED) is 0.672. The average molecular weight is 243 g/mol. The molecule has 100 valence electrons. The van der Waals surface area contributed by atoms with Crippen LogP contribution >= 0.6 is 0 Å². The van der Waals surface area contributed by atoms with Gasteiger partial charge in [-0.1, -0.05) is 20.8 Å². The summed E-state index contributed by atoms with van der Waals surface area (Å²) in [7, 11) is 3.34. The molecule has 2 amide bonds. The molecule has 17 heavy (non-hydrogen) atoms. The summed E-state index contributed by atoms with van der Waals surface area (Å²) in [5.41, 5.74) is 0. The molecule has 1 atom stereocenters. The van der Waals surface area contributed by atoms with Crippen LogP contribution in [0.3, 0.4) is 0 Å². The lowest BCUT2D eigenvalue weighted by atomic mass is 10.1. The Kier molecular flexibility index (Phi) is 7.54. The first-order chi connectivity index (χ1) is 7.88. The van der Waals surface area contributed by atoms with Crippen LogP contribution in [0.25, 0.3) is 0 Å². The normalized spacial score (nSPS) is 12.4. The van der Waals surface area contributed by atoms with Gasteiger partial charge in [0.1, 0.15) is 0 Å². The Morgan fingerprint density at radius 1 is 1.24 bits per heavy atom. The topological polar surface area (TPSA) is 61.4 Å². The first-order valence-corrected chi connectivity index (χ1v) is 6.07. The number of carbonyl (C=O) groups is 2. The number of nitrogens with zero attached hydrogens (tertiary/aromatic N) is 1. The molecule has 2 N–H and O–H groups in total. The molecule has 0 aromatic carbocycles. The van der Waals surface area contributed by atoms with Gasteiger partial charge >= 0.3 is 0 Å². The second kappa shape index (κ2) is 8.06. The standard InChI is InChI=1S/C12H25N3O2/c1-9(2)14-7-6-11(16)15(5)8-10(3)12(17)13-4/h9-10,14H,6-8H2,1-5H3,(H,13,17). The minimum Gasteiger partial charge on any atom is -0.359 e. The maximum atomic E-state index is 11.7. The molecule has 0 aliphatic rings. The zero-order valence-electron chi connectivity index (χ0n) is 11.5. The summed E-state index contributed by atoms with van der Waals surface area (Å²) in [5.74, 6) is -0.147. The second-order valence-corrected chi connectivity index (χ2v) is 4.65. The molecule has 5 heteroatoms. The van der Waals surface area contributed by atoms with Crippen molar-refractivity contribution < 1.29 is 9.59 Å². The van der Waals surface area contributed by atoms with Gasteiger partial charge in [-0.25, -0.2) is 0 Å². The fourth-order valence-corrected chi connectivity index (χ4v) is 1.50. The predicted molar refractivity (Wildman–Crippen MR) is 68.6 cm³/mol. The summed E-state index contributed by atoms with van der Waals surface area (Å²) >= 11 is 0. The Balaban J connectivity index is 3.93. The van der Waals surface area contributed by atoms with Gasteiger partial charge < -0.3 is 15.5 Å². The molecule has 0 heterocycles. The first-order valence-electron chi connectivity index (χ1n) is 6.07. The number of nitrogens with one attached hydrogen (secondary N) is 2. The van der Waals surface area contributed by atoms with Gasteiger partial charge in [-0.05, 0) is 0 Å². The third kappa shape index (κ3) is 6.94. The molecule has 0 aromatic heterocycles. The van der Waals surface area contributed by atoms with Crippen molar-refractivity contribution in [3.63, 3.8) is 0 Å². The monoisotopic (exact) mass is 243 g/mol. The average Bonchev–Trinajstić information content (AvgIpc) is 2.26. The van der Waals surface area contributed by atoms with E-state index in [4.69, 9.17) is 0 Å². The number of carbonyl (C=O) groups excluding carboxylic acids is 2. The molecule has 0 saturated carbocycles. The fourth-order valence-electron chi connectivity index (χ4n) is 1.50. The van der Waals surface area contributed by atoms with E-state index in [1.54, 1.807) is 19.0 Å². The summed E-state index contributed by atoms with van der Waals surface area (Å²) in [6.07, 6.45) is 0.467. The highest BCUT2D eigenvalue weighted by Gasteiger charge is 2.16. The van der Waals surface area contributed by atoms with E-state index in [2.05, 4.69) is 10.6 Å². The second-order valence-electron chi connectivity index (χ2n) is 4.65. The Bertz CT molecular complexity index is 254. The van der Waals surface area contributed by atoms with E-state index in [1.807, 2.05) is 20.8 Å². The van der Waals surface area contributed by atoms with Crippen molar-refractivity contribution >= 4 is 11.8 Å². The van der Waals surface area contributed by atoms with Gasteiger partial charge in [0, 0.05) is 39.6 Å². The van der Waals surface area contributed by atoms with E-state index in [-0.39, 0.29) is 17.7 Å². The van der Waals surface area contributed by atoms with Crippen LogP contribution in [0.1, 0.15) is 27.2 Å². The molecule has 0 saturated heterocycles. The van der Waals surface area contributed by atoms with E-state index in [1.165, 1.54) is 0 Å². The van der Waals surface area contributed by atoms with E-state index in [0.29, 0.717) is 25.6 Å². The van der Waals surface area contributed by atoms with Gasteiger partial charge in [-0.3, -0.25) is 9.59 Å². The van der Waals surface area contributed by atoms with Crippen molar-refractivity contribution in [2.75, 3.05) is 27.2 Å². The van der Waals surface area contributed by atoms with Crippen LogP contribution in [0.5, 0.6) is 0 Å². The van der Waals surface area contributed by atoms with Crippen molar-refractivity contribution in [2.24, 2.45) is 5.92 Å². The summed E-state index contributed by atoms with van der Waals surface area (Å²) < 4.78 is 0.